The number of esters is 1. The van der Waals surface area contributed by atoms with Crippen molar-refractivity contribution in [2.45, 2.75) is 32.1 Å². The van der Waals surface area contributed by atoms with Gasteiger partial charge in [-0.05, 0) is 43.2 Å². The summed E-state index contributed by atoms with van der Waals surface area (Å²) in [7, 11) is -4.09. The van der Waals surface area contributed by atoms with E-state index in [0.717, 1.165) is 11.8 Å². The molecule has 2 N–H and O–H groups in total. The van der Waals surface area contributed by atoms with E-state index in [9.17, 15) is 22.8 Å². The molecule has 0 atom stereocenters. The summed E-state index contributed by atoms with van der Waals surface area (Å²) in [5.74, 6) is -1.66. The molecule has 2 amide bonds. The van der Waals surface area contributed by atoms with Gasteiger partial charge in [-0.25, -0.2) is 22.9 Å². The highest BCUT2D eigenvalue weighted by atomic mass is 32.2. The summed E-state index contributed by atoms with van der Waals surface area (Å²) in [6.45, 7) is 5.88. The first-order valence-electron chi connectivity index (χ1n) is 9.71. The minimum Gasteiger partial charge on any atom is -0.461 e. The zero-order chi connectivity index (χ0) is 23.0. The van der Waals surface area contributed by atoms with Crippen LogP contribution in [0.5, 0.6) is 0 Å². The van der Waals surface area contributed by atoms with Crippen LogP contribution in [0.3, 0.4) is 0 Å². The van der Waals surface area contributed by atoms with Crippen molar-refractivity contribution in [3.05, 3.63) is 59.4 Å². The monoisotopic (exact) mass is 447 g/mol. The van der Waals surface area contributed by atoms with Gasteiger partial charge in [0.25, 0.3) is 15.9 Å². The van der Waals surface area contributed by atoms with E-state index < -0.39 is 21.9 Å². The SMILES string of the molecule is CCOC(=O)c1ccc(C(=O)NS(=O)(=O)c2ccc(CCNC(=O)C(C)C)cc2)cn1. The molecule has 1 aromatic carbocycles. The van der Waals surface area contributed by atoms with Crippen LogP contribution in [0.15, 0.2) is 47.5 Å². The lowest BCUT2D eigenvalue weighted by atomic mass is 10.1. The number of pyridine rings is 1. The van der Waals surface area contributed by atoms with Crippen molar-refractivity contribution >= 4 is 27.8 Å². The van der Waals surface area contributed by atoms with Crippen LogP contribution >= 0.6 is 0 Å². The van der Waals surface area contributed by atoms with Crippen LogP contribution in [0.2, 0.25) is 0 Å². The van der Waals surface area contributed by atoms with Crippen molar-refractivity contribution in [2.24, 2.45) is 5.92 Å². The second-order valence-corrected chi connectivity index (χ2v) is 8.61. The van der Waals surface area contributed by atoms with E-state index in [2.05, 4.69) is 10.3 Å². The molecule has 9 nitrogen and oxygen atoms in total. The molecule has 0 fully saturated rings. The van der Waals surface area contributed by atoms with Gasteiger partial charge in [-0.3, -0.25) is 9.59 Å². The Morgan fingerprint density at radius 2 is 1.74 bits per heavy atom. The van der Waals surface area contributed by atoms with Gasteiger partial charge in [0.05, 0.1) is 17.1 Å². The summed E-state index contributed by atoms with van der Waals surface area (Å²) in [5.41, 5.74) is 0.837. The Hall–Kier alpha value is -3.27. The Bertz CT molecular complexity index is 1030. The predicted octanol–water partition coefficient (Wildman–Crippen LogP) is 1.69. The maximum Gasteiger partial charge on any atom is 0.356 e. The molecule has 0 spiro atoms. The fourth-order valence-electron chi connectivity index (χ4n) is 2.46. The Kier molecular flexibility index (Phi) is 8.26. The number of ether oxygens (including phenoxy) is 1. The average molecular weight is 448 g/mol. The first kappa shape index (κ1) is 24.0. The van der Waals surface area contributed by atoms with Gasteiger partial charge in [-0.15, -0.1) is 0 Å². The summed E-state index contributed by atoms with van der Waals surface area (Å²) in [4.78, 5) is 39.2. The first-order chi connectivity index (χ1) is 14.6. The van der Waals surface area contributed by atoms with Crippen molar-refractivity contribution in [1.29, 1.82) is 0 Å². The Morgan fingerprint density at radius 3 is 2.29 bits per heavy atom. The molecule has 0 aliphatic rings. The highest BCUT2D eigenvalue weighted by molar-refractivity contribution is 7.90. The Morgan fingerprint density at radius 1 is 1.06 bits per heavy atom. The molecule has 2 rings (SSSR count). The maximum atomic E-state index is 12.5. The number of amides is 2. The lowest BCUT2D eigenvalue weighted by Gasteiger charge is -2.09. The number of aromatic nitrogens is 1. The van der Waals surface area contributed by atoms with Crippen LogP contribution in [0.4, 0.5) is 0 Å². The van der Waals surface area contributed by atoms with Gasteiger partial charge in [-0.2, -0.15) is 0 Å². The standard InChI is InChI=1S/C21H25N3O6S/c1-4-30-21(27)18-10-7-16(13-23-18)20(26)24-31(28,29)17-8-5-15(6-9-17)11-12-22-19(25)14(2)3/h5-10,13-14H,4,11-12H2,1-3H3,(H,22,25)(H,24,26). The van der Waals surface area contributed by atoms with E-state index in [4.69, 9.17) is 4.74 Å². The number of carbonyl (C=O) groups excluding carboxylic acids is 3. The number of rotatable bonds is 9. The van der Waals surface area contributed by atoms with E-state index >= 15 is 0 Å². The van der Waals surface area contributed by atoms with Gasteiger partial charge in [0, 0.05) is 18.7 Å². The Balaban J connectivity index is 1.99. The van der Waals surface area contributed by atoms with Crippen LogP contribution in [0, 0.1) is 5.92 Å². The number of nitrogens with zero attached hydrogens (tertiary/aromatic N) is 1. The van der Waals surface area contributed by atoms with Crippen LogP contribution in [0.1, 0.15) is 47.2 Å². The molecule has 10 heteroatoms. The largest absolute Gasteiger partial charge is 0.461 e. The summed E-state index contributed by atoms with van der Waals surface area (Å²) in [5, 5.41) is 2.79. The highest BCUT2D eigenvalue weighted by Crippen LogP contribution is 2.12. The van der Waals surface area contributed by atoms with Gasteiger partial charge in [0.15, 0.2) is 0 Å². The molecule has 1 aromatic heterocycles. The first-order valence-corrected chi connectivity index (χ1v) is 11.2. The van der Waals surface area contributed by atoms with Crippen molar-refractivity contribution in [3.8, 4) is 0 Å². The average Bonchev–Trinajstić information content (AvgIpc) is 2.74. The molecular weight excluding hydrogens is 422 g/mol. The smallest absolute Gasteiger partial charge is 0.356 e. The molecule has 0 aliphatic carbocycles. The zero-order valence-corrected chi connectivity index (χ0v) is 18.4. The van der Waals surface area contributed by atoms with Gasteiger partial charge < -0.3 is 10.1 Å². The van der Waals surface area contributed by atoms with Crippen molar-refractivity contribution in [2.75, 3.05) is 13.2 Å². The highest BCUT2D eigenvalue weighted by Gasteiger charge is 2.19. The maximum absolute atomic E-state index is 12.5. The molecule has 0 aliphatic heterocycles. The molecule has 0 bridgehead atoms. The number of hydrogen-bond donors (Lipinski definition) is 2. The predicted molar refractivity (Wildman–Crippen MR) is 113 cm³/mol. The minimum atomic E-state index is -4.09. The molecule has 0 unspecified atom stereocenters. The topological polar surface area (TPSA) is 132 Å². The lowest BCUT2D eigenvalue weighted by molar-refractivity contribution is -0.123. The van der Waals surface area contributed by atoms with Crippen LogP contribution in [-0.4, -0.2) is 44.3 Å². The number of hydrogen-bond acceptors (Lipinski definition) is 7. The van der Waals surface area contributed by atoms with Crippen molar-refractivity contribution in [1.82, 2.24) is 15.0 Å². The molecule has 0 saturated heterocycles. The van der Waals surface area contributed by atoms with Gasteiger partial charge in [0.2, 0.25) is 5.91 Å². The fourth-order valence-corrected chi connectivity index (χ4v) is 3.44. The number of sulfonamides is 1. The van der Waals surface area contributed by atoms with E-state index in [1.807, 2.05) is 4.72 Å². The third-order valence-corrected chi connectivity index (χ3v) is 5.56. The zero-order valence-electron chi connectivity index (χ0n) is 17.5. The molecule has 0 radical (unpaired) electrons. The summed E-state index contributed by atoms with van der Waals surface area (Å²) in [6, 6.07) is 8.59. The number of carbonyl (C=O) groups is 3. The van der Waals surface area contributed by atoms with Crippen LogP contribution in [0.25, 0.3) is 0 Å². The van der Waals surface area contributed by atoms with Crippen molar-refractivity contribution < 1.29 is 27.5 Å². The molecule has 31 heavy (non-hydrogen) atoms. The summed E-state index contributed by atoms with van der Waals surface area (Å²) >= 11 is 0. The van der Waals surface area contributed by atoms with E-state index in [0.29, 0.717) is 13.0 Å². The van der Waals surface area contributed by atoms with E-state index in [1.165, 1.54) is 24.3 Å². The molecular formula is C21H25N3O6S. The molecule has 166 valence electrons. The molecule has 0 saturated carbocycles. The van der Waals surface area contributed by atoms with E-state index in [1.54, 1.807) is 32.9 Å². The third kappa shape index (κ3) is 6.88. The molecule has 1 heterocycles. The fraction of sp³-hybridized carbons (Fsp3) is 0.333. The molecule has 2 aromatic rings. The quantitative estimate of drug-likeness (QED) is 0.559. The Labute approximate surface area is 181 Å². The third-order valence-electron chi connectivity index (χ3n) is 4.21. The second-order valence-electron chi connectivity index (χ2n) is 6.93. The van der Waals surface area contributed by atoms with Crippen molar-refractivity contribution in [3.63, 3.8) is 0 Å². The lowest BCUT2D eigenvalue weighted by Crippen LogP contribution is -2.31. The van der Waals surface area contributed by atoms with Crippen LogP contribution < -0.4 is 10.0 Å². The minimum absolute atomic E-state index is 0.0152. The second kappa shape index (κ2) is 10.7. The van der Waals surface area contributed by atoms with Crippen LogP contribution in [-0.2, 0) is 26.0 Å². The van der Waals surface area contributed by atoms with Gasteiger partial charge in [-0.1, -0.05) is 26.0 Å². The normalized spacial score (nSPS) is 11.1. The number of benzene rings is 1. The van der Waals surface area contributed by atoms with E-state index in [-0.39, 0.29) is 34.6 Å². The van der Waals surface area contributed by atoms with Gasteiger partial charge >= 0.3 is 5.97 Å². The summed E-state index contributed by atoms with van der Waals surface area (Å²) < 4.78 is 31.7. The van der Waals surface area contributed by atoms with Gasteiger partial charge in [0.1, 0.15) is 5.69 Å². The number of nitrogens with one attached hydrogen (secondary N) is 2. The summed E-state index contributed by atoms with van der Waals surface area (Å²) in [6.07, 6.45) is 1.65.